The number of hydrogen-bond acceptors (Lipinski definition) is 3. The summed E-state index contributed by atoms with van der Waals surface area (Å²) in [5, 5.41) is 12.4. The number of nitrogens with zero attached hydrogens (tertiary/aromatic N) is 2. The van der Waals surface area contributed by atoms with Crippen molar-refractivity contribution in [2.75, 3.05) is 6.61 Å². The minimum atomic E-state index is 0.0834. The van der Waals surface area contributed by atoms with Crippen LogP contribution >= 0.6 is 0 Å². The van der Waals surface area contributed by atoms with Gasteiger partial charge in [-0.25, -0.2) is 4.98 Å². The van der Waals surface area contributed by atoms with Crippen molar-refractivity contribution in [3.63, 3.8) is 0 Å². The number of rotatable bonds is 5. The predicted molar refractivity (Wildman–Crippen MR) is 80.9 cm³/mol. The van der Waals surface area contributed by atoms with Crippen LogP contribution in [0.1, 0.15) is 32.0 Å². The van der Waals surface area contributed by atoms with Crippen molar-refractivity contribution in [3.8, 4) is 5.69 Å². The van der Waals surface area contributed by atoms with E-state index in [-0.39, 0.29) is 12.1 Å². The molecule has 0 aliphatic rings. The molecule has 108 valence electrons. The second kappa shape index (κ2) is 6.20. The lowest BCUT2D eigenvalue weighted by molar-refractivity contribution is 0.299. The fourth-order valence-electron chi connectivity index (χ4n) is 1.99. The summed E-state index contributed by atoms with van der Waals surface area (Å²) < 4.78 is 2.08. The normalized spacial score (nSPS) is 11.8. The molecule has 0 aliphatic carbocycles. The van der Waals surface area contributed by atoms with Gasteiger partial charge in [-0.15, -0.1) is 0 Å². The first-order chi connectivity index (χ1) is 9.49. The van der Waals surface area contributed by atoms with E-state index in [1.807, 2.05) is 24.7 Å². The lowest BCUT2D eigenvalue weighted by atomic mass is 10.1. The van der Waals surface area contributed by atoms with Gasteiger partial charge in [0.2, 0.25) is 0 Å². The molecule has 0 aliphatic heterocycles. The summed E-state index contributed by atoms with van der Waals surface area (Å²) in [4.78, 5) is 4.24. The molecule has 0 radical (unpaired) electrons. The maximum Gasteiger partial charge on any atom is 0.0994 e. The first-order valence-electron chi connectivity index (χ1n) is 6.96. The fraction of sp³-hybridized carbons (Fsp3) is 0.438. The van der Waals surface area contributed by atoms with E-state index >= 15 is 0 Å². The number of hydrogen-bond donors (Lipinski definition) is 2. The van der Waals surface area contributed by atoms with E-state index in [4.69, 9.17) is 5.11 Å². The zero-order valence-electron chi connectivity index (χ0n) is 12.4. The summed E-state index contributed by atoms with van der Waals surface area (Å²) >= 11 is 0. The summed E-state index contributed by atoms with van der Waals surface area (Å²) in [5.41, 5.74) is 3.45. The van der Waals surface area contributed by atoms with Crippen molar-refractivity contribution in [3.05, 3.63) is 48.0 Å². The molecule has 0 fully saturated rings. The molecule has 4 heteroatoms. The average molecular weight is 273 g/mol. The first kappa shape index (κ1) is 14.8. The molecule has 0 amide bonds. The van der Waals surface area contributed by atoms with Gasteiger partial charge in [0, 0.05) is 30.6 Å². The lowest BCUT2D eigenvalue weighted by Crippen LogP contribution is -2.35. The van der Waals surface area contributed by atoms with Crippen molar-refractivity contribution in [2.24, 2.45) is 0 Å². The van der Waals surface area contributed by atoms with Crippen LogP contribution in [-0.4, -0.2) is 26.8 Å². The van der Waals surface area contributed by atoms with Gasteiger partial charge in [-0.3, -0.25) is 0 Å². The largest absolute Gasteiger partial charge is 0.396 e. The number of benzene rings is 1. The minimum absolute atomic E-state index is 0.0834. The summed E-state index contributed by atoms with van der Waals surface area (Å²) in [6, 6.07) is 8.22. The lowest BCUT2D eigenvalue weighted by Gasteiger charge is -2.21. The summed E-state index contributed by atoms with van der Waals surface area (Å²) in [6.45, 7) is 7.42. The topological polar surface area (TPSA) is 50.1 Å². The van der Waals surface area contributed by atoms with E-state index in [0.29, 0.717) is 6.42 Å². The summed E-state index contributed by atoms with van der Waals surface area (Å²) in [6.07, 6.45) is 4.42. The van der Waals surface area contributed by atoms with E-state index in [1.54, 1.807) is 0 Å². The fourth-order valence-corrected chi connectivity index (χ4v) is 1.99. The van der Waals surface area contributed by atoms with Crippen LogP contribution < -0.4 is 5.32 Å². The second-order valence-corrected chi connectivity index (χ2v) is 6.00. The Morgan fingerprint density at radius 2 is 1.90 bits per heavy atom. The van der Waals surface area contributed by atoms with Crippen molar-refractivity contribution in [1.29, 1.82) is 0 Å². The van der Waals surface area contributed by atoms with Crippen molar-refractivity contribution in [1.82, 2.24) is 14.9 Å². The van der Waals surface area contributed by atoms with Gasteiger partial charge in [0.25, 0.3) is 0 Å². The van der Waals surface area contributed by atoms with Gasteiger partial charge >= 0.3 is 0 Å². The second-order valence-electron chi connectivity index (χ2n) is 6.00. The summed E-state index contributed by atoms with van der Waals surface area (Å²) in [7, 11) is 0. The Hall–Kier alpha value is -1.65. The number of imidazole rings is 1. The predicted octanol–water partition coefficient (Wildman–Crippen LogP) is 2.30. The van der Waals surface area contributed by atoms with Crippen LogP contribution in [0.15, 0.2) is 36.8 Å². The molecule has 20 heavy (non-hydrogen) atoms. The number of aliphatic hydroxyl groups is 1. The molecule has 1 aromatic carbocycles. The Morgan fingerprint density at radius 1 is 1.20 bits per heavy atom. The molecule has 4 nitrogen and oxygen atoms in total. The van der Waals surface area contributed by atoms with Crippen LogP contribution in [0.25, 0.3) is 5.69 Å². The quantitative estimate of drug-likeness (QED) is 0.879. The van der Waals surface area contributed by atoms with E-state index in [9.17, 15) is 0 Å². The molecular weight excluding hydrogens is 250 g/mol. The third-order valence-corrected chi connectivity index (χ3v) is 3.13. The van der Waals surface area contributed by atoms with Crippen molar-refractivity contribution >= 4 is 0 Å². The highest BCUT2D eigenvalue weighted by Crippen LogP contribution is 2.14. The molecule has 1 heterocycles. The molecular formula is C16H23N3O. The Morgan fingerprint density at radius 3 is 2.50 bits per heavy atom. The Labute approximate surface area is 120 Å². The number of nitrogens with one attached hydrogen (secondary N) is 1. The van der Waals surface area contributed by atoms with Gasteiger partial charge in [0.1, 0.15) is 0 Å². The van der Waals surface area contributed by atoms with Crippen LogP contribution in [0.4, 0.5) is 0 Å². The van der Waals surface area contributed by atoms with E-state index < -0.39 is 0 Å². The molecule has 0 spiro atoms. The maximum absolute atomic E-state index is 8.94. The van der Waals surface area contributed by atoms with Gasteiger partial charge < -0.3 is 15.0 Å². The van der Waals surface area contributed by atoms with Crippen LogP contribution in [0.5, 0.6) is 0 Å². The third kappa shape index (κ3) is 3.92. The van der Waals surface area contributed by atoms with Gasteiger partial charge in [-0.1, -0.05) is 12.1 Å². The minimum Gasteiger partial charge on any atom is -0.396 e. The van der Waals surface area contributed by atoms with Gasteiger partial charge in [-0.2, -0.15) is 0 Å². The van der Waals surface area contributed by atoms with Crippen LogP contribution in [-0.2, 0) is 13.0 Å². The van der Waals surface area contributed by atoms with Gasteiger partial charge in [0.15, 0.2) is 0 Å². The molecule has 0 saturated heterocycles. The zero-order valence-corrected chi connectivity index (χ0v) is 12.4. The average Bonchev–Trinajstić information content (AvgIpc) is 2.85. The Balaban J connectivity index is 2.14. The number of aromatic nitrogens is 2. The van der Waals surface area contributed by atoms with Crippen LogP contribution in [0.3, 0.4) is 0 Å². The van der Waals surface area contributed by atoms with E-state index in [2.05, 4.69) is 47.8 Å². The highest BCUT2D eigenvalue weighted by atomic mass is 16.2. The van der Waals surface area contributed by atoms with Crippen molar-refractivity contribution in [2.45, 2.75) is 39.3 Å². The molecule has 0 atom stereocenters. The van der Waals surface area contributed by atoms with Gasteiger partial charge in [0.05, 0.1) is 12.0 Å². The molecule has 1 aromatic heterocycles. The summed E-state index contributed by atoms with van der Waals surface area (Å²) in [5.74, 6) is 0. The molecule has 0 saturated carbocycles. The molecule has 2 aromatic rings. The van der Waals surface area contributed by atoms with Gasteiger partial charge in [-0.05, 0) is 44.9 Å². The molecule has 0 unspecified atom stereocenters. The first-order valence-corrected chi connectivity index (χ1v) is 6.96. The smallest absolute Gasteiger partial charge is 0.0994 e. The standard InChI is InChI=1S/C16H23N3O/c1-16(2,3)18-11-15-10-17-12-19(15)14-6-4-13(5-7-14)8-9-20/h4-7,10,12,18,20H,8-9,11H2,1-3H3. The number of aliphatic hydroxyl groups excluding tert-OH is 1. The maximum atomic E-state index is 8.94. The van der Waals surface area contributed by atoms with Crippen molar-refractivity contribution < 1.29 is 5.11 Å². The van der Waals surface area contributed by atoms with Crippen LogP contribution in [0.2, 0.25) is 0 Å². The monoisotopic (exact) mass is 273 g/mol. The Kier molecular flexibility index (Phi) is 4.57. The molecule has 2 rings (SSSR count). The van der Waals surface area contributed by atoms with E-state index in [1.165, 1.54) is 0 Å². The van der Waals surface area contributed by atoms with Crippen LogP contribution in [0, 0.1) is 0 Å². The zero-order chi connectivity index (χ0) is 14.6. The third-order valence-electron chi connectivity index (χ3n) is 3.13. The highest BCUT2D eigenvalue weighted by molar-refractivity contribution is 5.36. The SMILES string of the molecule is CC(C)(C)NCc1cncn1-c1ccc(CCO)cc1. The van der Waals surface area contributed by atoms with E-state index in [0.717, 1.165) is 23.5 Å². The molecule has 0 bridgehead atoms. The highest BCUT2D eigenvalue weighted by Gasteiger charge is 2.11. The Bertz CT molecular complexity index is 538. The molecule has 2 N–H and O–H groups in total.